The van der Waals surface area contributed by atoms with Crippen LogP contribution in [0.1, 0.15) is 39.5 Å². The Balaban J connectivity index is 3.40. The lowest BCUT2D eigenvalue weighted by molar-refractivity contribution is 0.109. The molecule has 0 spiro atoms. The highest BCUT2D eigenvalue weighted by Crippen LogP contribution is 2.12. The van der Waals surface area contributed by atoms with Crippen molar-refractivity contribution in [2.45, 2.75) is 45.1 Å². The summed E-state index contributed by atoms with van der Waals surface area (Å²) in [7, 11) is 0. The van der Waals surface area contributed by atoms with Crippen molar-refractivity contribution in [3.8, 4) is 12.3 Å². The third-order valence-corrected chi connectivity index (χ3v) is 1.58. The number of unbranched alkanes of at least 4 members (excludes halogenated alkanes) is 2. The second-order valence-electron chi connectivity index (χ2n) is 2.88. The van der Waals surface area contributed by atoms with Crippen molar-refractivity contribution in [2.75, 3.05) is 0 Å². The Kier molecular flexibility index (Phi) is 4.14. The Bertz CT molecular complexity index is 119. The van der Waals surface area contributed by atoms with E-state index >= 15 is 0 Å². The van der Waals surface area contributed by atoms with Gasteiger partial charge in [-0.1, -0.05) is 25.7 Å². The summed E-state index contributed by atoms with van der Waals surface area (Å²) in [5.74, 6) is 2.36. The summed E-state index contributed by atoms with van der Waals surface area (Å²) in [5.41, 5.74) is -0.880. The van der Waals surface area contributed by atoms with E-state index in [2.05, 4.69) is 12.8 Å². The average molecular weight is 140 g/mol. The maximum absolute atomic E-state index is 9.31. The number of rotatable bonds is 4. The van der Waals surface area contributed by atoms with Crippen LogP contribution in [0.25, 0.3) is 0 Å². The van der Waals surface area contributed by atoms with Crippen LogP contribution in [-0.4, -0.2) is 10.7 Å². The van der Waals surface area contributed by atoms with Gasteiger partial charge in [0.1, 0.15) is 5.60 Å². The van der Waals surface area contributed by atoms with E-state index in [1.54, 1.807) is 6.92 Å². The molecule has 0 aromatic heterocycles. The SMILES string of the molecule is C#CC(C)(O)CCCCC. The molecule has 0 aliphatic heterocycles. The van der Waals surface area contributed by atoms with Crippen molar-refractivity contribution < 1.29 is 5.11 Å². The van der Waals surface area contributed by atoms with E-state index in [1.807, 2.05) is 0 Å². The van der Waals surface area contributed by atoms with Crippen LogP contribution in [-0.2, 0) is 0 Å². The first-order valence-electron chi connectivity index (χ1n) is 3.82. The second kappa shape index (κ2) is 4.35. The first kappa shape index (κ1) is 9.52. The van der Waals surface area contributed by atoms with E-state index < -0.39 is 5.60 Å². The summed E-state index contributed by atoms with van der Waals surface area (Å²) in [6.07, 6.45) is 9.15. The highest BCUT2D eigenvalue weighted by Gasteiger charge is 2.14. The van der Waals surface area contributed by atoms with Gasteiger partial charge in [-0.05, 0) is 19.8 Å². The predicted octanol–water partition coefficient (Wildman–Crippen LogP) is 1.95. The molecule has 0 radical (unpaired) electrons. The van der Waals surface area contributed by atoms with Crippen LogP contribution in [0.5, 0.6) is 0 Å². The molecule has 1 unspecified atom stereocenters. The Hall–Kier alpha value is -0.480. The quantitative estimate of drug-likeness (QED) is 0.467. The molecular weight excluding hydrogens is 124 g/mol. The van der Waals surface area contributed by atoms with Crippen LogP contribution >= 0.6 is 0 Å². The molecule has 1 atom stereocenters. The molecule has 1 N–H and O–H groups in total. The fourth-order valence-electron chi connectivity index (χ4n) is 0.791. The molecule has 58 valence electrons. The summed E-state index contributed by atoms with van der Waals surface area (Å²) in [6.45, 7) is 3.81. The molecule has 1 nitrogen and oxygen atoms in total. The largest absolute Gasteiger partial charge is 0.378 e. The van der Waals surface area contributed by atoms with Gasteiger partial charge in [0.15, 0.2) is 0 Å². The van der Waals surface area contributed by atoms with Crippen LogP contribution in [0.4, 0.5) is 0 Å². The van der Waals surface area contributed by atoms with Crippen molar-refractivity contribution >= 4 is 0 Å². The lowest BCUT2D eigenvalue weighted by Gasteiger charge is -2.14. The van der Waals surface area contributed by atoms with Gasteiger partial charge in [-0.3, -0.25) is 0 Å². The minimum Gasteiger partial charge on any atom is -0.378 e. The molecule has 0 saturated heterocycles. The summed E-state index contributed by atoms with van der Waals surface area (Å²) < 4.78 is 0. The Labute approximate surface area is 63.5 Å². The number of terminal acetylenes is 1. The summed E-state index contributed by atoms with van der Waals surface area (Å²) >= 11 is 0. The number of hydrogen-bond donors (Lipinski definition) is 1. The summed E-state index contributed by atoms with van der Waals surface area (Å²) in [4.78, 5) is 0. The highest BCUT2D eigenvalue weighted by atomic mass is 16.3. The zero-order valence-electron chi connectivity index (χ0n) is 6.85. The highest BCUT2D eigenvalue weighted by molar-refractivity contribution is 5.03. The van der Waals surface area contributed by atoms with Gasteiger partial charge in [-0.15, -0.1) is 6.42 Å². The van der Waals surface area contributed by atoms with Crippen LogP contribution in [0.3, 0.4) is 0 Å². The van der Waals surface area contributed by atoms with Crippen LogP contribution in [0.15, 0.2) is 0 Å². The van der Waals surface area contributed by atoms with Crippen molar-refractivity contribution in [1.82, 2.24) is 0 Å². The Morgan fingerprint density at radius 2 is 2.10 bits per heavy atom. The van der Waals surface area contributed by atoms with Gasteiger partial charge in [0, 0.05) is 0 Å². The van der Waals surface area contributed by atoms with E-state index in [0.29, 0.717) is 0 Å². The van der Waals surface area contributed by atoms with Gasteiger partial charge >= 0.3 is 0 Å². The van der Waals surface area contributed by atoms with Crippen LogP contribution < -0.4 is 0 Å². The predicted molar refractivity (Wildman–Crippen MR) is 43.6 cm³/mol. The summed E-state index contributed by atoms with van der Waals surface area (Å²) in [6, 6.07) is 0. The van der Waals surface area contributed by atoms with Gasteiger partial charge in [-0.2, -0.15) is 0 Å². The van der Waals surface area contributed by atoms with Gasteiger partial charge in [0.25, 0.3) is 0 Å². The molecule has 0 aliphatic carbocycles. The van der Waals surface area contributed by atoms with Crippen molar-refractivity contribution in [1.29, 1.82) is 0 Å². The zero-order valence-corrected chi connectivity index (χ0v) is 6.85. The van der Waals surface area contributed by atoms with Gasteiger partial charge in [0.2, 0.25) is 0 Å². The van der Waals surface area contributed by atoms with E-state index in [4.69, 9.17) is 6.42 Å². The summed E-state index contributed by atoms with van der Waals surface area (Å²) in [5, 5.41) is 9.31. The molecule has 0 fully saturated rings. The first-order chi connectivity index (χ1) is 4.62. The average Bonchev–Trinajstić information content (AvgIpc) is 1.89. The second-order valence-corrected chi connectivity index (χ2v) is 2.88. The molecule has 10 heavy (non-hydrogen) atoms. The minimum atomic E-state index is -0.880. The van der Waals surface area contributed by atoms with E-state index in [0.717, 1.165) is 19.3 Å². The Morgan fingerprint density at radius 1 is 1.50 bits per heavy atom. The molecular formula is C9H16O. The molecule has 0 aromatic rings. The van der Waals surface area contributed by atoms with Gasteiger partial charge in [0.05, 0.1) is 0 Å². The number of hydrogen-bond acceptors (Lipinski definition) is 1. The fraction of sp³-hybridized carbons (Fsp3) is 0.778. The normalized spacial score (nSPS) is 15.8. The molecule has 0 aliphatic rings. The molecule has 0 saturated carbocycles. The fourth-order valence-corrected chi connectivity index (χ4v) is 0.791. The van der Waals surface area contributed by atoms with Crippen LogP contribution in [0, 0.1) is 12.3 Å². The zero-order chi connectivity index (χ0) is 8.04. The third kappa shape index (κ3) is 4.40. The third-order valence-electron chi connectivity index (χ3n) is 1.58. The molecule has 0 bridgehead atoms. The molecule has 0 heterocycles. The molecule has 0 rings (SSSR count). The van der Waals surface area contributed by atoms with E-state index in [-0.39, 0.29) is 0 Å². The maximum atomic E-state index is 9.31. The smallest absolute Gasteiger partial charge is 0.122 e. The standard InChI is InChI=1S/C9H16O/c1-4-6-7-8-9(3,10)5-2/h2,10H,4,6-8H2,1,3H3. The molecule has 0 amide bonds. The molecule has 1 heteroatoms. The maximum Gasteiger partial charge on any atom is 0.122 e. The minimum absolute atomic E-state index is 0.720. The monoisotopic (exact) mass is 140 g/mol. The lowest BCUT2D eigenvalue weighted by atomic mass is 10.00. The van der Waals surface area contributed by atoms with E-state index in [9.17, 15) is 5.11 Å². The van der Waals surface area contributed by atoms with E-state index in [1.165, 1.54) is 6.42 Å². The van der Waals surface area contributed by atoms with Crippen molar-refractivity contribution in [2.24, 2.45) is 0 Å². The van der Waals surface area contributed by atoms with Crippen LogP contribution in [0.2, 0.25) is 0 Å². The first-order valence-corrected chi connectivity index (χ1v) is 3.82. The van der Waals surface area contributed by atoms with Gasteiger partial charge < -0.3 is 5.11 Å². The number of aliphatic hydroxyl groups is 1. The Morgan fingerprint density at radius 3 is 2.50 bits per heavy atom. The van der Waals surface area contributed by atoms with Crippen molar-refractivity contribution in [3.05, 3.63) is 0 Å². The topological polar surface area (TPSA) is 20.2 Å². The molecule has 0 aromatic carbocycles. The lowest BCUT2D eigenvalue weighted by Crippen LogP contribution is -2.20. The van der Waals surface area contributed by atoms with Gasteiger partial charge in [-0.25, -0.2) is 0 Å². The van der Waals surface area contributed by atoms with Crippen molar-refractivity contribution in [3.63, 3.8) is 0 Å².